The number of primary amides is 1. The van der Waals surface area contributed by atoms with Gasteiger partial charge in [-0.15, -0.1) is 0 Å². The Labute approximate surface area is 105 Å². The van der Waals surface area contributed by atoms with Gasteiger partial charge in [0, 0.05) is 12.2 Å². The number of hydrogen-bond acceptors (Lipinski definition) is 5. The molecule has 1 amide bonds. The number of aliphatic hydroxyl groups is 1. The Morgan fingerprint density at radius 2 is 2.11 bits per heavy atom. The van der Waals surface area contributed by atoms with Gasteiger partial charge >= 0.3 is 0 Å². The van der Waals surface area contributed by atoms with Gasteiger partial charge in [-0.1, -0.05) is 0 Å². The predicted octanol–water partition coefficient (Wildman–Crippen LogP) is -1.30. The SMILES string of the molecule is Cc1cc(N)ccc1S(=O)(=O)NCC(O)C(N)=O. The van der Waals surface area contributed by atoms with E-state index in [0.29, 0.717) is 11.3 Å². The lowest BCUT2D eigenvalue weighted by Gasteiger charge is -2.11. The maximum atomic E-state index is 11.9. The summed E-state index contributed by atoms with van der Waals surface area (Å²) in [5, 5.41) is 9.13. The van der Waals surface area contributed by atoms with Crippen molar-refractivity contribution in [2.75, 3.05) is 12.3 Å². The minimum absolute atomic E-state index is 0.0355. The summed E-state index contributed by atoms with van der Waals surface area (Å²) >= 11 is 0. The van der Waals surface area contributed by atoms with Gasteiger partial charge in [-0.05, 0) is 30.7 Å². The van der Waals surface area contributed by atoms with E-state index in [1.807, 2.05) is 0 Å². The average molecular weight is 273 g/mol. The van der Waals surface area contributed by atoms with Crippen LogP contribution in [0.5, 0.6) is 0 Å². The largest absolute Gasteiger partial charge is 0.399 e. The van der Waals surface area contributed by atoms with E-state index < -0.39 is 28.6 Å². The highest BCUT2D eigenvalue weighted by Gasteiger charge is 2.19. The van der Waals surface area contributed by atoms with Crippen LogP contribution in [-0.2, 0) is 14.8 Å². The molecule has 0 spiro atoms. The highest BCUT2D eigenvalue weighted by molar-refractivity contribution is 7.89. The fourth-order valence-corrected chi connectivity index (χ4v) is 2.60. The molecule has 0 aliphatic rings. The number of nitrogens with one attached hydrogen (secondary N) is 1. The molecular formula is C10H15N3O4S. The van der Waals surface area contributed by atoms with Gasteiger partial charge in [0.2, 0.25) is 15.9 Å². The van der Waals surface area contributed by atoms with E-state index in [2.05, 4.69) is 4.72 Å². The van der Waals surface area contributed by atoms with E-state index in [-0.39, 0.29) is 4.90 Å². The number of sulfonamides is 1. The van der Waals surface area contributed by atoms with Crippen LogP contribution in [0.3, 0.4) is 0 Å². The van der Waals surface area contributed by atoms with Gasteiger partial charge < -0.3 is 16.6 Å². The summed E-state index contributed by atoms with van der Waals surface area (Å²) in [5.41, 5.74) is 11.2. The van der Waals surface area contributed by atoms with Crippen molar-refractivity contribution in [1.29, 1.82) is 0 Å². The standard InChI is InChI=1S/C10H15N3O4S/c1-6-4-7(11)2-3-9(6)18(16,17)13-5-8(14)10(12)15/h2-4,8,13-14H,5,11H2,1H3,(H2,12,15). The van der Waals surface area contributed by atoms with Gasteiger partial charge in [-0.2, -0.15) is 0 Å². The smallest absolute Gasteiger partial charge is 0.247 e. The van der Waals surface area contributed by atoms with Gasteiger partial charge in [0.1, 0.15) is 6.10 Å². The molecule has 1 atom stereocenters. The zero-order chi connectivity index (χ0) is 13.9. The quantitative estimate of drug-likeness (QED) is 0.494. The second-order valence-corrected chi connectivity index (χ2v) is 5.53. The van der Waals surface area contributed by atoms with Crippen LogP contribution in [-0.4, -0.2) is 32.1 Å². The van der Waals surface area contributed by atoms with Crippen molar-refractivity contribution < 1.29 is 18.3 Å². The van der Waals surface area contributed by atoms with Crippen LogP contribution in [0.2, 0.25) is 0 Å². The fraction of sp³-hybridized carbons (Fsp3) is 0.300. The van der Waals surface area contributed by atoms with Crippen molar-refractivity contribution in [3.8, 4) is 0 Å². The lowest BCUT2D eigenvalue weighted by Crippen LogP contribution is -2.40. The van der Waals surface area contributed by atoms with Crippen LogP contribution in [0.1, 0.15) is 5.56 Å². The summed E-state index contributed by atoms with van der Waals surface area (Å²) < 4.78 is 25.8. The van der Waals surface area contributed by atoms with Crippen molar-refractivity contribution in [3.63, 3.8) is 0 Å². The summed E-state index contributed by atoms with van der Waals surface area (Å²) in [6.07, 6.45) is -1.56. The van der Waals surface area contributed by atoms with Crippen LogP contribution in [0.25, 0.3) is 0 Å². The summed E-state index contributed by atoms with van der Waals surface area (Å²) in [6, 6.07) is 4.31. The highest BCUT2D eigenvalue weighted by atomic mass is 32.2. The van der Waals surface area contributed by atoms with Gasteiger partial charge in [0.25, 0.3) is 0 Å². The minimum Gasteiger partial charge on any atom is -0.399 e. The molecule has 8 heteroatoms. The molecule has 100 valence electrons. The summed E-state index contributed by atoms with van der Waals surface area (Å²) in [4.78, 5) is 10.6. The first kappa shape index (κ1) is 14.4. The number of hydrogen-bond donors (Lipinski definition) is 4. The molecule has 1 aromatic carbocycles. The van der Waals surface area contributed by atoms with Gasteiger partial charge in [-0.3, -0.25) is 4.79 Å². The maximum Gasteiger partial charge on any atom is 0.247 e. The second-order valence-electron chi connectivity index (χ2n) is 3.79. The Kier molecular flexibility index (Phi) is 4.28. The lowest BCUT2D eigenvalue weighted by atomic mass is 10.2. The van der Waals surface area contributed by atoms with E-state index >= 15 is 0 Å². The summed E-state index contributed by atoms with van der Waals surface area (Å²) in [5.74, 6) is -0.994. The number of carbonyl (C=O) groups is 1. The Bertz CT molecular complexity index is 556. The molecule has 1 unspecified atom stereocenters. The van der Waals surface area contributed by atoms with Crippen LogP contribution in [0.15, 0.2) is 23.1 Å². The molecule has 0 heterocycles. The normalized spacial score (nSPS) is 13.2. The maximum absolute atomic E-state index is 11.9. The Morgan fingerprint density at radius 3 is 2.61 bits per heavy atom. The third-order valence-electron chi connectivity index (χ3n) is 2.28. The first-order valence-electron chi connectivity index (χ1n) is 5.07. The van der Waals surface area contributed by atoms with Crippen LogP contribution < -0.4 is 16.2 Å². The monoisotopic (exact) mass is 273 g/mol. The molecule has 0 aliphatic carbocycles. The summed E-state index contributed by atoms with van der Waals surface area (Å²) in [7, 11) is -3.81. The topological polar surface area (TPSA) is 136 Å². The molecule has 1 aromatic rings. The van der Waals surface area contributed by atoms with Crippen molar-refractivity contribution in [2.24, 2.45) is 5.73 Å². The molecule has 0 aromatic heterocycles. The molecular weight excluding hydrogens is 258 g/mol. The Balaban J connectivity index is 2.90. The molecule has 0 radical (unpaired) electrons. The number of carbonyl (C=O) groups excluding carboxylic acids is 1. The Morgan fingerprint density at radius 1 is 1.50 bits per heavy atom. The van der Waals surface area contributed by atoms with E-state index in [9.17, 15) is 13.2 Å². The van der Waals surface area contributed by atoms with Crippen molar-refractivity contribution in [2.45, 2.75) is 17.9 Å². The van der Waals surface area contributed by atoms with E-state index in [4.69, 9.17) is 16.6 Å². The third-order valence-corrected chi connectivity index (χ3v) is 3.87. The fourth-order valence-electron chi connectivity index (χ4n) is 1.34. The van der Waals surface area contributed by atoms with Crippen LogP contribution in [0.4, 0.5) is 5.69 Å². The van der Waals surface area contributed by atoms with E-state index in [0.717, 1.165) is 0 Å². The average Bonchev–Trinajstić information content (AvgIpc) is 2.25. The number of rotatable bonds is 5. The zero-order valence-corrected chi connectivity index (χ0v) is 10.6. The zero-order valence-electron chi connectivity index (χ0n) is 9.75. The molecule has 0 bridgehead atoms. The number of nitrogens with two attached hydrogens (primary N) is 2. The number of aliphatic hydroxyl groups excluding tert-OH is 1. The minimum atomic E-state index is -3.81. The third kappa shape index (κ3) is 3.42. The first-order valence-corrected chi connectivity index (χ1v) is 6.55. The van der Waals surface area contributed by atoms with E-state index in [1.165, 1.54) is 18.2 Å². The molecule has 0 saturated heterocycles. The van der Waals surface area contributed by atoms with Gasteiger partial charge in [0.15, 0.2) is 0 Å². The van der Waals surface area contributed by atoms with Crippen LogP contribution >= 0.6 is 0 Å². The second kappa shape index (κ2) is 5.34. The first-order chi connectivity index (χ1) is 8.24. The van der Waals surface area contributed by atoms with Crippen LogP contribution in [0, 0.1) is 6.92 Å². The number of amides is 1. The van der Waals surface area contributed by atoms with Crippen molar-refractivity contribution >= 4 is 21.6 Å². The summed E-state index contributed by atoms with van der Waals surface area (Å²) in [6.45, 7) is 1.12. The molecule has 18 heavy (non-hydrogen) atoms. The lowest BCUT2D eigenvalue weighted by molar-refractivity contribution is -0.125. The Hall–Kier alpha value is -1.64. The number of aryl methyl sites for hydroxylation is 1. The molecule has 0 fully saturated rings. The van der Waals surface area contributed by atoms with Gasteiger partial charge in [-0.25, -0.2) is 13.1 Å². The molecule has 0 aliphatic heterocycles. The van der Waals surface area contributed by atoms with Gasteiger partial charge in [0.05, 0.1) is 4.90 Å². The predicted molar refractivity (Wildman–Crippen MR) is 66.0 cm³/mol. The molecule has 1 rings (SSSR count). The number of anilines is 1. The van der Waals surface area contributed by atoms with Crippen molar-refractivity contribution in [3.05, 3.63) is 23.8 Å². The molecule has 7 nitrogen and oxygen atoms in total. The number of benzene rings is 1. The highest BCUT2D eigenvalue weighted by Crippen LogP contribution is 2.17. The van der Waals surface area contributed by atoms with E-state index in [1.54, 1.807) is 6.92 Å². The molecule has 0 saturated carbocycles. The number of nitrogen functional groups attached to an aromatic ring is 1. The van der Waals surface area contributed by atoms with Crippen molar-refractivity contribution in [1.82, 2.24) is 4.72 Å². The molecule has 6 N–H and O–H groups in total.